The number of amides is 1. The van der Waals surface area contributed by atoms with Crippen LogP contribution in [0.3, 0.4) is 0 Å². The Morgan fingerprint density at radius 3 is 3.06 bits per heavy atom. The number of nitrogens with zero attached hydrogens (tertiary/aromatic N) is 3. The van der Waals surface area contributed by atoms with Crippen LogP contribution in [0.4, 0.5) is 5.95 Å². The summed E-state index contributed by atoms with van der Waals surface area (Å²) in [6.45, 7) is 0.676. The van der Waals surface area contributed by atoms with Gasteiger partial charge in [-0.25, -0.2) is 9.97 Å². The van der Waals surface area contributed by atoms with Gasteiger partial charge in [0.2, 0.25) is 5.95 Å². The van der Waals surface area contributed by atoms with E-state index in [1.54, 1.807) is 12.3 Å². The lowest BCUT2D eigenvalue weighted by Crippen LogP contribution is -2.31. The molecule has 0 radical (unpaired) electrons. The second-order valence-electron chi connectivity index (χ2n) is 4.25. The average Bonchev–Trinajstić information content (AvgIpc) is 2.69. The summed E-state index contributed by atoms with van der Waals surface area (Å²) in [7, 11) is 1.94. The van der Waals surface area contributed by atoms with E-state index in [0.29, 0.717) is 6.54 Å². The Bertz CT molecular complexity index is 631. The fourth-order valence-electron chi connectivity index (χ4n) is 2.29. The predicted octanol–water partition coefficient (Wildman–Crippen LogP) is 0.350. The van der Waals surface area contributed by atoms with E-state index in [1.165, 1.54) is 0 Å². The molecule has 92 valence electrons. The molecule has 0 fully saturated rings. The van der Waals surface area contributed by atoms with Crippen LogP contribution in [0.1, 0.15) is 16.1 Å². The van der Waals surface area contributed by atoms with Gasteiger partial charge >= 0.3 is 0 Å². The molecule has 0 aromatic carbocycles. The average molecular weight is 243 g/mol. The molecule has 2 aromatic heterocycles. The van der Waals surface area contributed by atoms with Gasteiger partial charge in [0.15, 0.2) is 0 Å². The monoisotopic (exact) mass is 243 g/mol. The molecule has 6 nitrogen and oxygen atoms in total. The number of carbonyl (C=O) groups excluding carboxylic acids is 1. The molecular weight excluding hydrogens is 230 g/mol. The summed E-state index contributed by atoms with van der Waals surface area (Å²) in [6.07, 6.45) is 2.45. The van der Waals surface area contributed by atoms with Gasteiger partial charge in [-0.1, -0.05) is 0 Å². The molecule has 0 atom stereocenters. The second kappa shape index (κ2) is 3.83. The van der Waals surface area contributed by atoms with Crippen LogP contribution in [0, 0.1) is 0 Å². The maximum Gasteiger partial charge on any atom is 0.253 e. The molecule has 18 heavy (non-hydrogen) atoms. The number of nitrogens with two attached hydrogens (primary N) is 1. The van der Waals surface area contributed by atoms with Crippen molar-refractivity contribution in [1.29, 1.82) is 0 Å². The number of hydrogen-bond donors (Lipinski definition) is 2. The molecule has 0 unspecified atom stereocenters. The Morgan fingerprint density at radius 2 is 2.33 bits per heavy atom. The van der Waals surface area contributed by atoms with Crippen molar-refractivity contribution in [3.8, 4) is 11.4 Å². The Labute approximate surface area is 104 Å². The van der Waals surface area contributed by atoms with Crippen molar-refractivity contribution in [1.82, 2.24) is 19.9 Å². The molecule has 0 spiro atoms. The number of anilines is 1. The molecule has 0 bridgehead atoms. The lowest BCUT2D eigenvalue weighted by molar-refractivity contribution is 0.0945. The molecule has 1 aliphatic rings. The van der Waals surface area contributed by atoms with E-state index < -0.39 is 0 Å². The van der Waals surface area contributed by atoms with Crippen LogP contribution in [-0.4, -0.2) is 27.0 Å². The first kappa shape index (κ1) is 10.8. The maximum atomic E-state index is 11.8. The number of aromatic nitrogens is 3. The number of carbonyl (C=O) groups is 1. The molecule has 1 amide bonds. The minimum atomic E-state index is -0.0277. The molecule has 0 saturated heterocycles. The molecule has 1 aliphatic heterocycles. The minimum Gasteiger partial charge on any atom is -0.368 e. The Hall–Kier alpha value is -2.37. The topological polar surface area (TPSA) is 85.8 Å². The highest BCUT2D eigenvalue weighted by Crippen LogP contribution is 2.25. The third kappa shape index (κ3) is 1.54. The van der Waals surface area contributed by atoms with Crippen molar-refractivity contribution in [3.05, 3.63) is 29.6 Å². The van der Waals surface area contributed by atoms with Crippen molar-refractivity contribution in [2.75, 3.05) is 12.3 Å². The molecule has 3 heterocycles. The normalized spacial score (nSPS) is 14.2. The zero-order chi connectivity index (χ0) is 12.7. The SMILES string of the molecule is Cn1c(-c2ccnc(N)n2)cc2c1CCNC2=O. The van der Waals surface area contributed by atoms with Gasteiger partial charge in [0.1, 0.15) is 0 Å². The number of fused-ring (bicyclic) bond motifs is 1. The highest BCUT2D eigenvalue weighted by Gasteiger charge is 2.23. The minimum absolute atomic E-state index is 0.0277. The number of rotatable bonds is 1. The van der Waals surface area contributed by atoms with E-state index in [-0.39, 0.29) is 11.9 Å². The quantitative estimate of drug-likeness (QED) is 0.756. The van der Waals surface area contributed by atoms with Crippen molar-refractivity contribution < 1.29 is 4.79 Å². The lowest BCUT2D eigenvalue weighted by atomic mass is 10.1. The third-order valence-electron chi connectivity index (χ3n) is 3.19. The first-order valence-corrected chi connectivity index (χ1v) is 5.72. The molecule has 2 aromatic rings. The van der Waals surface area contributed by atoms with Crippen molar-refractivity contribution in [2.45, 2.75) is 6.42 Å². The summed E-state index contributed by atoms with van der Waals surface area (Å²) in [5.41, 5.74) is 8.95. The van der Waals surface area contributed by atoms with Crippen molar-refractivity contribution >= 4 is 11.9 Å². The molecule has 0 saturated carbocycles. The van der Waals surface area contributed by atoms with Crippen LogP contribution >= 0.6 is 0 Å². The number of nitrogen functional groups attached to an aromatic ring is 1. The summed E-state index contributed by atoms with van der Waals surface area (Å²) < 4.78 is 2.00. The van der Waals surface area contributed by atoms with Gasteiger partial charge in [0.05, 0.1) is 17.0 Å². The van der Waals surface area contributed by atoms with E-state index in [4.69, 9.17) is 5.73 Å². The van der Waals surface area contributed by atoms with Crippen LogP contribution in [0.2, 0.25) is 0 Å². The van der Waals surface area contributed by atoms with E-state index in [1.807, 2.05) is 17.7 Å². The molecule has 3 N–H and O–H groups in total. The summed E-state index contributed by atoms with van der Waals surface area (Å²) in [5, 5.41) is 2.83. The highest BCUT2D eigenvalue weighted by atomic mass is 16.1. The van der Waals surface area contributed by atoms with E-state index >= 15 is 0 Å². The lowest BCUT2D eigenvalue weighted by Gasteiger charge is -2.14. The largest absolute Gasteiger partial charge is 0.368 e. The Morgan fingerprint density at radius 1 is 1.50 bits per heavy atom. The van der Waals surface area contributed by atoms with E-state index in [2.05, 4.69) is 15.3 Å². The predicted molar refractivity (Wildman–Crippen MR) is 66.9 cm³/mol. The first-order valence-electron chi connectivity index (χ1n) is 5.72. The van der Waals surface area contributed by atoms with Gasteiger partial charge in [-0.3, -0.25) is 4.79 Å². The van der Waals surface area contributed by atoms with Crippen LogP contribution in [-0.2, 0) is 13.5 Å². The molecular formula is C12H13N5O. The van der Waals surface area contributed by atoms with Gasteiger partial charge < -0.3 is 15.6 Å². The van der Waals surface area contributed by atoms with Gasteiger partial charge in [-0.05, 0) is 12.1 Å². The van der Waals surface area contributed by atoms with Crippen molar-refractivity contribution in [2.24, 2.45) is 7.05 Å². The molecule has 0 aliphatic carbocycles. The molecule has 3 rings (SSSR count). The van der Waals surface area contributed by atoms with Gasteiger partial charge in [-0.15, -0.1) is 0 Å². The molecule has 6 heteroatoms. The standard InChI is InChI=1S/C12H13N5O/c1-17-9-3-5-14-11(18)7(9)6-10(17)8-2-4-15-12(13)16-8/h2,4,6H,3,5H2,1H3,(H,14,18)(H2,13,15,16). The highest BCUT2D eigenvalue weighted by molar-refractivity contribution is 5.97. The maximum absolute atomic E-state index is 11.8. The summed E-state index contributed by atoms with van der Waals surface area (Å²) in [5.74, 6) is 0.205. The van der Waals surface area contributed by atoms with Crippen LogP contribution < -0.4 is 11.1 Å². The van der Waals surface area contributed by atoms with E-state index in [0.717, 1.165) is 29.1 Å². The van der Waals surface area contributed by atoms with E-state index in [9.17, 15) is 4.79 Å². The summed E-state index contributed by atoms with van der Waals surface area (Å²) in [6, 6.07) is 3.64. The zero-order valence-electron chi connectivity index (χ0n) is 9.97. The smallest absolute Gasteiger partial charge is 0.253 e. The number of nitrogens with one attached hydrogen (secondary N) is 1. The van der Waals surface area contributed by atoms with Crippen LogP contribution in [0.15, 0.2) is 18.3 Å². The third-order valence-corrected chi connectivity index (χ3v) is 3.19. The summed E-state index contributed by atoms with van der Waals surface area (Å²) >= 11 is 0. The fraction of sp³-hybridized carbons (Fsp3) is 0.250. The fourth-order valence-corrected chi connectivity index (χ4v) is 2.29. The van der Waals surface area contributed by atoms with Crippen molar-refractivity contribution in [3.63, 3.8) is 0 Å². The Kier molecular flexibility index (Phi) is 2.29. The van der Waals surface area contributed by atoms with Crippen LogP contribution in [0.5, 0.6) is 0 Å². The zero-order valence-corrected chi connectivity index (χ0v) is 9.97. The van der Waals surface area contributed by atoms with Gasteiger partial charge in [0.25, 0.3) is 5.91 Å². The van der Waals surface area contributed by atoms with Gasteiger partial charge in [0, 0.05) is 31.9 Å². The van der Waals surface area contributed by atoms with Crippen LogP contribution in [0.25, 0.3) is 11.4 Å². The number of hydrogen-bond acceptors (Lipinski definition) is 4. The second-order valence-corrected chi connectivity index (χ2v) is 4.25. The Balaban J connectivity index is 2.17. The summed E-state index contributed by atoms with van der Waals surface area (Å²) in [4.78, 5) is 19.8. The van der Waals surface area contributed by atoms with Gasteiger partial charge in [-0.2, -0.15) is 0 Å². The first-order chi connectivity index (χ1) is 8.66.